The molecule has 2 aromatic heterocycles. The second kappa shape index (κ2) is 5.46. The fourth-order valence-electron chi connectivity index (χ4n) is 1.32. The summed E-state index contributed by atoms with van der Waals surface area (Å²) >= 11 is 5.66. The highest BCUT2D eigenvalue weighted by molar-refractivity contribution is 6.28. The van der Waals surface area contributed by atoms with Crippen LogP contribution in [0.1, 0.15) is 6.42 Å². The van der Waals surface area contributed by atoms with Crippen LogP contribution in [0.2, 0.25) is 5.28 Å². The Balaban J connectivity index is 1.72. The molecular formula is C10H12ClN5. The first-order valence-corrected chi connectivity index (χ1v) is 5.42. The number of hydrogen-bond donors (Lipinski definition) is 1. The maximum Gasteiger partial charge on any atom is 0.224 e. The summed E-state index contributed by atoms with van der Waals surface area (Å²) in [5.41, 5.74) is 0. The summed E-state index contributed by atoms with van der Waals surface area (Å²) in [5, 5.41) is 7.55. The predicted octanol–water partition coefficient (Wildman–Crippen LogP) is 1.83. The zero-order chi connectivity index (χ0) is 11.2. The van der Waals surface area contributed by atoms with E-state index in [4.69, 9.17) is 11.6 Å². The van der Waals surface area contributed by atoms with Crippen LogP contribution in [0.15, 0.2) is 30.7 Å². The highest BCUT2D eigenvalue weighted by atomic mass is 35.5. The Hall–Kier alpha value is -1.62. The molecule has 0 unspecified atom stereocenters. The minimum absolute atomic E-state index is 0.261. The zero-order valence-corrected chi connectivity index (χ0v) is 9.43. The molecule has 84 valence electrons. The van der Waals surface area contributed by atoms with Gasteiger partial charge in [-0.05, 0) is 30.2 Å². The zero-order valence-electron chi connectivity index (χ0n) is 8.67. The van der Waals surface area contributed by atoms with Crippen molar-refractivity contribution < 1.29 is 0 Å². The van der Waals surface area contributed by atoms with Crippen molar-refractivity contribution in [2.24, 2.45) is 0 Å². The fraction of sp³-hybridized carbons (Fsp3) is 0.300. The summed E-state index contributed by atoms with van der Waals surface area (Å²) in [5.74, 6) is 0.750. The van der Waals surface area contributed by atoms with Gasteiger partial charge in [0.2, 0.25) is 5.28 Å². The molecule has 0 saturated heterocycles. The van der Waals surface area contributed by atoms with Crippen LogP contribution >= 0.6 is 11.6 Å². The maximum atomic E-state index is 5.66. The standard InChI is InChI=1S/C10H12ClN5/c11-10-13-6-3-9(15-10)12-4-1-7-16-8-2-5-14-16/h2-3,5-6,8H,1,4,7H2,(H,12,13,15). The highest BCUT2D eigenvalue weighted by Gasteiger charge is 1.95. The average molecular weight is 238 g/mol. The molecule has 6 heteroatoms. The van der Waals surface area contributed by atoms with Gasteiger partial charge in [0.1, 0.15) is 5.82 Å². The van der Waals surface area contributed by atoms with Crippen molar-refractivity contribution in [1.82, 2.24) is 19.7 Å². The number of hydrogen-bond acceptors (Lipinski definition) is 4. The smallest absolute Gasteiger partial charge is 0.224 e. The quantitative estimate of drug-likeness (QED) is 0.637. The van der Waals surface area contributed by atoms with E-state index in [1.54, 1.807) is 18.5 Å². The SMILES string of the molecule is Clc1nccc(NCCCn2cccn2)n1. The lowest BCUT2D eigenvalue weighted by Crippen LogP contribution is -2.08. The van der Waals surface area contributed by atoms with Gasteiger partial charge in [-0.3, -0.25) is 4.68 Å². The van der Waals surface area contributed by atoms with Gasteiger partial charge in [-0.1, -0.05) is 0 Å². The molecule has 5 nitrogen and oxygen atoms in total. The van der Waals surface area contributed by atoms with Crippen molar-refractivity contribution in [3.8, 4) is 0 Å². The molecule has 2 rings (SSSR count). The number of rotatable bonds is 5. The largest absolute Gasteiger partial charge is 0.370 e. The lowest BCUT2D eigenvalue weighted by Gasteiger charge is -2.05. The molecule has 0 aromatic carbocycles. The molecular weight excluding hydrogens is 226 g/mol. The maximum absolute atomic E-state index is 5.66. The van der Waals surface area contributed by atoms with E-state index in [1.807, 2.05) is 16.9 Å². The van der Waals surface area contributed by atoms with Crippen LogP contribution in [0.4, 0.5) is 5.82 Å². The van der Waals surface area contributed by atoms with Crippen LogP contribution in [0.25, 0.3) is 0 Å². The van der Waals surface area contributed by atoms with Gasteiger partial charge in [0, 0.05) is 31.7 Å². The van der Waals surface area contributed by atoms with Crippen LogP contribution in [0.3, 0.4) is 0 Å². The molecule has 0 fully saturated rings. The first-order valence-electron chi connectivity index (χ1n) is 5.04. The minimum atomic E-state index is 0.261. The molecule has 0 radical (unpaired) electrons. The molecule has 0 aliphatic carbocycles. The van der Waals surface area contributed by atoms with Crippen molar-refractivity contribution in [3.05, 3.63) is 36.0 Å². The minimum Gasteiger partial charge on any atom is -0.370 e. The van der Waals surface area contributed by atoms with Crippen LogP contribution < -0.4 is 5.32 Å². The van der Waals surface area contributed by atoms with E-state index in [0.717, 1.165) is 25.3 Å². The Labute approximate surface area is 98.5 Å². The third-order valence-electron chi connectivity index (χ3n) is 2.06. The topological polar surface area (TPSA) is 55.6 Å². The molecule has 0 aliphatic heterocycles. The molecule has 0 spiro atoms. The van der Waals surface area contributed by atoms with Crippen LogP contribution in [-0.2, 0) is 6.54 Å². The third kappa shape index (κ3) is 3.20. The number of nitrogens with one attached hydrogen (secondary N) is 1. The van der Waals surface area contributed by atoms with Crippen molar-refractivity contribution in [3.63, 3.8) is 0 Å². The second-order valence-electron chi connectivity index (χ2n) is 3.26. The molecule has 0 saturated carbocycles. The first kappa shape index (κ1) is 10.9. The first-order chi connectivity index (χ1) is 7.84. The molecule has 0 amide bonds. The highest BCUT2D eigenvalue weighted by Crippen LogP contribution is 2.05. The van der Waals surface area contributed by atoms with E-state index in [9.17, 15) is 0 Å². The summed E-state index contributed by atoms with van der Waals surface area (Å²) < 4.78 is 1.90. The van der Waals surface area contributed by atoms with E-state index in [1.165, 1.54) is 0 Å². The summed E-state index contributed by atoms with van der Waals surface area (Å²) in [6, 6.07) is 3.71. The molecule has 0 bridgehead atoms. The Bertz CT molecular complexity index is 429. The van der Waals surface area contributed by atoms with Crippen molar-refractivity contribution in [2.75, 3.05) is 11.9 Å². The normalized spacial score (nSPS) is 10.3. The molecule has 16 heavy (non-hydrogen) atoms. The fourth-order valence-corrected chi connectivity index (χ4v) is 1.47. The van der Waals surface area contributed by atoms with Gasteiger partial charge in [0.25, 0.3) is 0 Å². The molecule has 2 aromatic rings. The van der Waals surface area contributed by atoms with Gasteiger partial charge in [-0.15, -0.1) is 0 Å². The van der Waals surface area contributed by atoms with Crippen LogP contribution in [0.5, 0.6) is 0 Å². The Morgan fingerprint density at radius 2 is 2.31 bits per heavy atom. The second-order valence-corrected chi connectivity index (χ2v) is 3.60. The van der Waals surface area contributed by atoms with Crippen LogP contribution in [-0.4, -0.2) is 26.3 Å². The summed E-state index contributed by atoms with van der Waals surface area (Å²) in [6.07, 6.45) is 6.33. The van der Waals surface area contributed by atoms with Crippen molar-refractivity contribution in [2.45, 2.75) is 13.0 Å². The Morgan fingerprint density at radius 3 is 3.06 bits per heavy atom. The Kier molecular flexibility index (Phi) is 3.71. The molecule has 0 atom stereocenters. The van der Waals surface area contributed by atoms with E-state index >= 15 is 0 Å². The van der Waals surface area contributed by atoms with E-state index in [-0.39, 0.29) is 5.28 Å². The molecule has 0 aliphatic rings. The van der Waals surface area contributed by atoms with Crippen molar-refractivity contribution in [1.29, 1.82) is 0 Å². The van der Waals surface area contributed by atoms with Crippen molar-refractivity contribution >= 4 is 17.4 Å². The van der Waals surface area contributed by atoms with E-state index in [0.29, 0.717) is 0 Å². The number of aryl methyl sites for hydroxylation is 1. The van der Waals surface area contributed by atoms with Gasteiger partial charge in [0.15, 0.2) is 0 Å². The number of halogens is 1. The van der Waals surface area contributed by atoms with E-state index < -0.39 is 0 Å². The van der Waals surface area contributed by atoms with Crippen LogP contribution in [0, 0.1) is 0 Å². The number of nitrogens with zero attached hydrogens (tertiary/aromatic N) is 4. The number of anilines is 1. The van der Waals surface area contributed by atoms with Gasteiger partial charge in [-0.25, -0.2) is 9.97 Å². The van der Waals surface area contributed by atoms with Gasteiger partial charge < -0.3 is 5.32 Å². The predicted molar refractivity (Wildman–Crippen MR) is 62.4 cm³/mol. The summed E-state index contributed by atoms with van der Waals surface area (Å²) in [4.78, 5) is 7.84. The monoisotopic (exact) mass is 237 g/mol. The lowest BCUT2D eigenvalue weighted by molar-refractivity contribution is 0.591. The molecule has 2 heterocycles. The van der Waals surface area contributed by atoms with E-state index in [2.05, 4.69) is 20.4 Å². The summed E-state index contributed by atoms with van der Waals surface area (Å²) in [7, 11) is 0. The third-order valence-corrected chi connectivity index (χ3v) is 2.24. The molecule has 1 N–H and O–H groups in total. The van der Waals surface area contributed by atoms with Gasteiger partial charge in [0.05, 0.1) is 0 Å². The average Bonchev–Trinajstić information content (AvgIpc) is 2.77. The van der Waals surface area contributed by atoms with Gasteiger partial charge in [-0.2, -0.15) is 5.10 Å². The number of aromatic nitrogens is 4. The van der Waals surface area contributed by atoms with Gasteiger partial charge >= 0.3 is 0 Å². The summed E-state index contributed by atoms with van der Waals surface area (Å²) in [6.45, 7) is 1.71. The Morgan fingerprint density at radius 1 is 1.38 bits per heavy atom. The lowest BCUT2D eigenvalue weighted by atomic mass is 10.4.